The SMILES string of the molecule is CCNC(=NCc1ccc(O)c(F)c1)N1CCCC1. The summed E-state index contributed by atoms with van der Waals surface area (Å²) in [4.78, 5) is 6.74. The molecular weight excluding hydrogens is 245 g/mol. The maximum absolute atomic E-state index is 13.2. The Morgan fingerprint density at radius 3 is 2.79 bits per heavy atom. The maximum Gasteiger partial charge on any atom is 0.194 e. The van der Waals surface area contributed by atoms with Gasteiger partial charge in [0.25, 0.3) is 0 Å². The average molecular weight is 265 g/mol. The van der Waals surface area contributed by atoms with E-state index in [0.29, 0.717) is 6.54 Å². The molecule has 2 rings (SSSR count). The van der Waals surface area contributed by atoms with E-state index in [9.17, 15) is 4.39 Å². The summed E-state index contributed by atoms with van der Waals surface area (Å²) in [5, 5.41) is 12.4. The summed E-state index contributed by atoms with van der Waals surface area (Å²) in [6, 6.07) is 4.38. The highest BCUT2D eigenvalue weighted by Crippen LogP contribution is 2.17. The molecule has 104 valence electrons. The molecule has 1 aliphatic rings. The van der Waals surface area contributed by atoms with Crippen LogP contribution in [0.2, 0.25) is 0 Å². The predicted octanol–water partition coefficient (Wildman–Crippen LogP) is 2.09. The monoisotopic (exact) mass is 265 g/mol. The van der Waals surface area contributed by atoms with Crippen molar-refractivity contribution in [2.45, 2.75) is 26.3 Å². The van der Waals surface area contributed by atoms with Crippen molar-refractivity contribution in [1.82, 2.24) is 10.2 Å². The lowest BCUT2D eigenvalue weighted by molar-refractivity contribution is 0.432. The molecule has 0 radical (unpaired) electrons. The maximum atomic E-state index is 13.2. The zero-order valence-electron chi connectivity index (χ0n) is 11.2. The lowest BCUT2D eigenvalue weighted by atomic mass is 10.2. The number of rotatable bonds is 3. The van der Waals surface area contributed by atoms with Crippen molar-refractivity contribution in [3.05, 3.63) is 29.6 Å². The third-order valence-electron chi connectivity index (χ3n) is 3.16. The highest BCUT2D eigenvalue weighted by atomic mass is 19.1. The van der Waals surface area contributed by atoms with Gasteiger partial charge in [-0.05, 0) is 37.5 Å². The van der Waals surface area contributed by atoms with Crippen LogP contribution < -0.4 is 5.32 Å². The van der Waals surface area contributed by atoms with Gasteiger partial charge < -0.3 is 15.3 Å². The van der Waals surface area contributed by atoms with E-state index in [2.05, 4.69) is 15.2 Å². The molecule has 1 aromatic rings. The van der Waals surface area contributed by atoms with Crippen LogP contribution in [-0.4, -0.2) is 35.6 Å². The summed E-state index contributed by atoms with van der Waals surface area (Å²) >= 11 is 0. The summed E-state index contributed by atoms with van der Waals surface area (Å²) in [6.45, 7) is 5.31. The lowest BCUT2D eigenvalue weighted by Crippen LogP contribution is -2.39. The van der Waals surface area contributed by atoms with E-state index in [1.807, 2.05) is 6.92 Å². The van der Waals surface area contributed by atoms with E-state index >= 15 is 0 Å². The molecule has 1 heterocycles. The van der Waals surface area contributed by atoms with Crippen LogP contribution in [0.15, 0.2) is 23.2 Å². The number of hydrogen-bond donors (Lipinski definition) is 2. The van der Waals surface area contributed by atoms with Crippen LogP contribution in [0.3, 0.4) is 0 Å². The van der Waals surface area contributed by atoms with Gasteiger partial charge in [0.1, 0.15) is 0 Å². The third-order valence-corrected chi connectivity index (χ3v) is 3.16. The molecule has 19 heavy (non-hydrogen) atoms. The minimum absolute atomic E-state index is 0.320. The summed E-state index contributed by atoms with van der Waals surface area (Å²) in [5.74, 6) is -0.0356. The van der Waals surface area contributed by atoms with Gasteiger partial charge >= 0.3 is 0 Å². The molecule has 1 aliphatic heterocycles. The van der Waals surface area contributed by atoms with E-state index in [1.165, 1.54) is 25.0 Å². The number of halogens is 1. The largest absolute Gasteiger partial charge is 0.505 e. The zero-order chi connectivity index (χ0) is 13.7. The number of benzene rings is 1. The van der Waals surface area contributed by atoms with E-state index in [4.69, 9.17) is 5.11 Å². The molecule has 0 unspecified atom stereocenters. The molecule has 5 heteroatoms. The van der Waals surface area contributed by atoms with E-state index in [0.717, 1.165) is 31.2 Å². The number of likely N-dealkylation sites (tertiary alicyclic amines) is 1. The highest BCUT2D eigenvalue weighted by molar-refractivity contribution is 5.80. The Balaban J connectivity index is 2.06. The molecular formula is C14H20FN3O. The molecule has 0 aliphatic carbocycles. The standard InChI is InChI=1S/C14H20FN3O/c1-2-16-14(18-7-3-4-8-18)17-10-11-5-6-13(19)12(15)9-11/h5-6,9,19H,2-4,7-8,10H2,1H3,(H,16,17). The number of aromatic hydroxyl groups is 1. The number of aliphatic imine (C=N–C) groups is 1. The van der Waals surface area contributed by atoms with Gasteiger partial charge in [-0.15, -0.1) is 0 Å². The summed E-state index contributed by atoms with van der Waals surface area (Å²) in [5.41, 5.74) is 0.755. The van der Waals surface area contributed by atoms with E-state index < -0.39 is 5.82 Å². The minimum atomic E-state index is -0.598. The van der Waals surface area contributed by atoms with Crippen molar-refractivity contribution in [3.8, 4) is 5.75 Å². The van der Waals surface area contributed by atoms with Gasteiger partial charge in [0.15, 0.2) is 17.5 Å². The van der Waals surface area contributed by atoms with Crippen LogP contribution in [0.5, 0.6) is 5.75 Å². The first-order valence-corrected chi connectivity index (χ1v) is 6.71. The average Bonchev–Trinajstić information content (AvgIpc) is 2.92. The summed E-state index contributed by atoms with van der Waals surface area (Å²) < 4.78 is 13.2. The Hall–Kier alpha value is -1.78. The van der Waals surface area contributed by atoms with Gasteiger partial charge in [-0.1, -0.05) is 6.07 Å². The van der Waals surface area contributed by atoms with Crippen molar-refractivity contribution in [2.24, 2.45) is 4.99 Å². The Labute approximate surface area is 113 Å². The number of hydrogen-bond acceptors (Lipinski definition) is 2. The highest BCUT2D eigenvalue weighted by Gasteiger charge is 2.15. The second kappa shape index (κ2) is 6.41. The Morgan fingerprint density at radius 1 is 1.42 bits per heavy atom. The zero-order valence-corrected chi connectivity index (χ0v) is 11.2. The Morgan fingerprint density at radius 2 is 2.16 bits per heavy atom. The second-order valence-electron chi connectivity index (χ2n) is 4.65. The molecule has 1 fully saturated rings. The van der Waals surface area contributed by atoms with Gasteiger partial charge in [-0.2, -0.15) is 0 Å². The first kappa shape index (κ1) is 13.6. The second-order valence-corrected chi connectivity index (χ2v) is 4.65. The molecule has 1 saturated heterocycles. The molecule has 0 saturated carbocycles. The Kier molecular flexibility index (Phi) is 4.60. The van der Waals surface area contributed by atoms with Crippen molar-refractivity contribution in [2.75, 3.05) is 19.6 Å². The number of guanidine groups is 1. The smallest absolute Gasteiger partial charge is 0.194 e. The molecule has 1 aromatic carbocycles. The van der Waals surface area contributed by atoms with Crippen LogP contribution in [0, 0.1) is 5.82 Å². The molecule has 0 aromatic heterocycles. The van der Waals surface area contributed by atoms with E-state index in [-0.39, 0.29) is 5.75 Å². The van der Waals surface area contributed by atoms with E-state index in [1.54, 1.807) is 6.07 Å². The molecule has 0 spiro atoms. The van der Waals surface area contributed by atoms with Crippen molar-refractivity contribution in [3.63, 3.8) is 0 Å². The topological polar surface area (TPSA) is 47.9 Å². The Bertz CT molecular complexity index is 456. The van der Waals surface area contributed by atoms with Crippen LogP contribution in [-0.2, 0) is 6.54 Å². The van der Waals surface area contributed by atoms with Crippen molar-refractivity contribution >= 4 is 5.96 Å². The third kappa shape index (κ3) is 3.59. The number of nitrogens with zero attached hydrogens (tertiary/aromatic N) is 2. The van der Waals surface area contributed by atoms with Crippen LogP contribution in [0.1, 0.15) is 25.3 Å². The molecule has 0 bridgehead atoms. The van der Waals surface area contributed by atoms with Crippen LogP contribution >= 0.6 is 0 Å². The fourth-order valence-corrected chi connectivity index (χ4v) is 2.17. The number of nitrogens with one attached hydrogen (secondary N) is 1. The van der Waals surface area contributed by atoms with Gasteiger partial charge in [0.2, 0.25) is 0 Å². The van der Waals surface area contributed by atoms with Gasteiger partial charge in [0.05, 0.1) is 6.54 Å². The first-order valence-electron chi connectivity index (χ1n) is 6.71. The molecule has 2 N–H and O–H groups in total. The minimum Gasteiger partial charge on any atom is -0.505 e. The number of phenols is 1. The molecule has 4 nitrogen and oxygen atoms in total. The number of phenolic OH excluding ortho intramolecular Hbond substituents is 1. The molecule has 0 amide bonds. The fraction of sp³-hybridized carbons (Fsp3) is 0.500. The normalized spacial score (nSPS) is 15.9. The van der Waals surface area contributed by atoms with Crippen LogP contribution in [0.4, 0.5) is 4.39 Å². The predicted molar refractivity (Wildman–Crippen MR) is 73.7 cm³/mol. The first-order chi connectivity index (χ1) is 9.20. The fourth-order valence-electron chi connectivity index (χ4n) is 2.17. The van der Waals surface area contributed by atoms with Gasteiger partial charge in [0, 0.05) is 19.6 Å². The lowest BCUT2D eigenvalue weighted by Gasteiger charge is -2.20. The quantitative estimate of drug-likeness (QED) is 0.650. The van der Waals surface area contributed by atoms with Gasteiger partial charge in [-0.3, -0.25) is 0 Å². The molecule has 0 atom stereocenters. The van der Waals surface area contributed by atoms with Crippen molar-refractivity contribution in [1.29, 1.82) is 0 Å². The van der Waals surface area contributed by atoms with Crippen LogP contribution in [0.25, 0.3) is 0 Å². The summed E-state index contributed by atoms with van der Waals surface area (Å²) in [6.07, 6.45) is 2.39. The van der Waals surface area contributed by atoms with Crippen molar-refractivity contribution < 1.29 is 9.50 Å². The summed E-state index contributed by atoms with van der Waals surface area (Å²) in [7, 11) is 0. The van der Waals surface area contributed by atoms with Gasteiger partial charge in [-0.25, -0.2) is 9.38 Å².